The first-order chi connectivity index (χ1) is 7.78. The first-order valence-electron chi connectivity index (χ1n) is 6.01. The number of rotatable bonds is 3. The molecule has 0 atom stereocenters. The number of pyridine rings is 1. The molecule has 1 saturated carbocycles. The molecule has 1 aliphatic carbocycles. The third-order valence-corrected chi connectivity index (χ3v) is 4.39. The minimum Gasteiger partial charge on any atom is -0.367 e. The van der Waals surface area contributed by atoms with Crippen molar-refractivity contribution >= 4 is 17.6 Å². The van der Waals surface area contributed by atoms with Gasteiger partial charge in [0.2, 0.25) is 0 Å². The molecule has 1 fully saturated rings. The summed E-state index contributed by atoms with van der Waals surface area (Å²) in [5.74, 6) is 1.03. The minimum atomic E-state index is 0.623. The fourth-order valence-corrected chi connectivity index (χ4v) is 3.02. The first-order valence-corrected chi connectivity index (χ1v) is 7.29. The van der Waals surface area contributed by atoms with E-state index in [0.717, 1.165) is 16.8 Å². The third kappa shape index (κ3) is 3.14. The zero-order chi connectivity index (χ0) is 11.4. The van der Waals surface area contributed by atoms with Crippen LogP contribution in [0.15, 0.2) is 18.2 Å². The summed E-state index contributed by atoms with van der Waals surface area (Å²) in [5.41, 5.74) is 1.09. The molecule has 0 unspecified atom stereocenters. The van der Waals surface area contributed by atoms with E-state index in [4.69, 9.17) is 0 Å². The van der Waals surface area contributed by atoms with Crippen LogP contribution in [0.25, 0.3) is 0 Å². The van der Waals surface area contributed by atoms with Gasteiger partial charge in [0.1, 0.15) is 5.82 Å². The van der Waals surface area contributed by atoms with Crippen LogP contribution in [0.4, 0.5) is 5.82 Å². The van der Waals surface area contributed by atoms with E-state index in [1.807, 2.05) is 24.8 Å². The predicted molar refractivity (Wildman–Crippen MR) is 72.2 cm³/mol. The van der Waals surface area contributed by atoms with Crippen molar-refractivity contribution in [2.75, 3.05) is 11.6 Å². The third-order valence-electron chi connectivity index (χ3n) is 3.25. The number of nitrogens with one attached hydrogen (secondary N) is 1. The summed E-state index contributed by atoms with van der Waals surface area (Å²) in [7, 11) is 0. The summed E-state index contributed by atoms with van der Waals surface area (Å²) in [4.78, 5) is 4.49. The van der Waals surface area contributed by atoms with Gasteiger partial charge in [-0.15, -0.1) is 0 Å². The number of thioether (sulfide) groups is 1. The summed E-state index contributed by atoms with van der Waals surface area (Å²) in [6.45, 7) is 2.04. The molecule has 2 nitrogen and oxygen atoms in total. The number of hydrogen-bond acceptors (Lipinski definition) is 3. The molecule has 0 spiro atoms. The summed E-state index contributed by atoms with van der Waals surface area (Å²) in [6, 6.07) is 6.79. The molecule has 0 radical (unpaired) electrons. The molecule has 88 valence electrons. The van der Waals surface area contributed by atoms with Gasteiger partial charge >= 0.3 is 0 Å². The molecule has 3 heteroatoms. The smallest absolute Gasteiger partial charge is 0.126 e. The molecule has 16 heavy (non-hydrogen) atoms. The molecule has 0 saturated heterocycles. The Bertz CT molecular complexity index is 332. The molecular weight excluding hydrogens is 216 g/mol. The van der Waals surface area contributed by atoms with E-state index in [-0.39, 0.29) is 0 Å². The Morgan fingerprint density at radius 1 is 1.25 bits per heavy atom. The maximum atomic E-state index is 4.49. The molecule has 0 amide bonds. The molecular formula is C13H20N2S. The average molecular weight is 236 g/mol. The zero-order valence-electron chi connectivity index (χ0n) is 10.1. The standard InChI is InChI=1S/C13H20N2S/c1-10-4-3-5-13(14-10)15-11-6-8-12(16-2)9-7-11/h3-5,11-12H,6-9H2,1-2H3,(H,14,15). The lowest BCUT2D eigenvalue weighted by Gasteiger charge is -2.28. The van der Waals surface area contributed by atoms with Gasteiger partial charge in [0.25, 0.3) is 0 Å². The van der Waals surface area contributed by atoms with Crippen molar-refractivity contribution < 1.29 is 0 Å². The van der Waals surface area contributed by atoms with E-state index in [2.05, 4.69) is 28.7 Å². The summed E-state index contributed by atoms with van der Waals surface area (Å²) in [6.07, 6.45) is 7.46. The molecule has 0 bridgehead atoms. The van der Waals surface area contributed by atoms with E-state index < -0.39 is 0 Å². The van der Waals surface area contributed by atoms with Gasteiger partial charge in [-0.25, -0.2) is 4.98 Å². The lowest BCUT2D eigenvalue weighted by molar-refractivity contribution is 0.472. The molecule has 1 heterocycles. The lowest BCUT2D eigenvalue weighted by Crippen LogP contribution is -2.27. The monoisotopic (exact) mass is 236 g/mol. The highest BCUT2D eigenvalue weighted by molar-refractivity contribution is 7.99. The second-order valence-corrected chi connectivity index (χ2v) is 5.66. The molecule has 0 aliphatic heterocycles. The molecule has 1 aromatic rings. The van der Waals surface area contributed by atoms with Gasteiger partial charge < -0.3 is 5.32 Å². The molecule has 0 aromatic carbocycles. The maximum Gasteiger partial charge on any atom is 0.126 e. The number of anilines is 1. The van der Waals surface area contributed by atoms with E-state index >= 15 is 0 Å². The predicted octanol–water partition coefficient (Wildman–Crippen LogP) is 3.48. The van der Waals surface area contributed by atoms with Crippen LogP contribution < -0.4 is 5.32 Å². The van der Waals surface area contributed by atoms with Gasteiger partial charge in [-0.05, 0) is 51.0 Å². The van der Waals surface area contributed by atoms with Gasteiger partial charge in [-0.2, -0.15) is 11.8 Å². The van der Waals surface area contributed by atoms with Crippen molar-refractivity contribution in [3.63, 3.8) is 0 Å². The quantitative estimate of drug-likeness (QED) is 0.869. The second kappa shape index (κ2) is 5.58. The van der Waals surface area contributed by atoms with Gasteiger partial charge in [0.05, 0.1) is 0 Å². The Balaban J connectivity index is 1.87. The largest absolute Gasteiger partial charge is 0.367 e. The van der Waals surface area contributed by atoms with Gasteiger partial charge in [0, 0.05) is 17.0 Å². The normalized spacial score (nSPS) is 25.4. The van der Waals surface area contributed by atoms with Crippen molar-refractivity contribution in [1.29, 1.82) is 0 Å². The second-order valence-electron chi connectivity index (χ2n) is 4.52. The Morgan fingerprint density at radius 2 is 2.00 bits per heavy atom. The van der Waals surface area contributed by atoms with E-state index in [0.29, 0.717) is 6.04 Å². The fourth-order valence-electron chi connectivity index (χ4n) is 2.28. The van der Waals surface area contributed by atoms with Crippen LogP contribution in [0.1, 0.15) is 31.4 Å². The van der Waals surface area contributed by atoms with Crippen LogP contribution >= 0.6 is 11.8 Å². The summed E-state index contributed by atoms with van der Waals surface area (Å²) >= 11 is 2.01. The SMILES string of the molecule is CSC1CCC(Nc2cccc(C)n2)CC1. The van der Waals surface area contributed by atoms with Crippen LogP contribution in [0.2, 0.25) is 0 Å². The highest BCUT2D eigenvalue weighted by Gasteiger charge is 2.20. The topological polar surface area (TPSA) is 24.9 Å². The molecule has 1 aromatic heterocycles. The van der Waals surface area contributed by atoms with E-state index in [9.17, 15) is 0 Å². The Hall–Kier alpha value is -0.700. The Morgan fingerprint density at radius 3 is 2.62 bits per heavy atom. The number of hydrogen-bond donors (Lipinski definition) is 1. The Kier molecular flexibility index (Phi) is 4.10. The Labute approximate surface area is 102 Å². The van der Waals surface area contributed by atoms with Crippen molar-refractivity contribution in [3.8, 4) is 0 Å². The number of aromatic nitrogens is 1. The van der Waals surface area contributed by atoms with Crippen LogP contribution in [-0.2, 0) is 0 Å². The van der Waals surface area contributed by atoms with Gasteiger partial charge in [0.15, 0.2) is 0 Å². The molecule has 1 aliphatic rings. The van der Waals surface area contributed by atoms with Crippen molar-refractivity contribution in [2.24, 2.45) is 0 Å². The highest BCUT2D eigenvalue weighted by Crippen LogP contribution is 2.28. The maximum absolute atomic E-state index is 4.49. The molecule has 1 N–H and O–H groups in total. The summed E-state index contributed by atoms with van der Waals surface area (Å²) in [5, 5.41) is 4.42. The summed E-state index contributed by atoms with van der Waals surface area (Å²) < 4.78 is 0. The number of aryl methyl sites for hydroxylation is 1. The highest BCUT2D eigenvalue weighted by atomic mass is 32.2. The first kappa shape index (κ1) is 11.8. The number of nitrogens with zero attached hydrogens (tertiary/aromatic N) is 1. The van der Waals surface area contributed by atoms with Crippen LogP contribution in [-0.4, -0.2) is 22.5 Å². The van der Waals surface area contributed by atoms with Crippen molar-refractivity contribution in [2.45, 2.75) is 43.9 Å². The average Bonchev–Trinajstić information content (AvgIpc) is 2.30. The van der Waals surface area contributed by atoms with E-state index in [1.54, 1.807) is 0 Å². The fraction of sp³-hybridized carbons (Fsp3) is 0.615. The van der Waals surface area contributed by atoms with E-state index in [1.165, 1.54) is 25.7 Å². The minimum absolute atomic E-state index is 0.623. The zero-order valence-corrected chi connectivity index (χ0v) is 10.9. The van der Waals surface area contributed by atoms with Crippen LogP contribution in [0.3, 0.4) is 0 Å². The van der Waals surface area contributed by atoms with Crippen LogP contribution in [0, 0.1) is 6.92 Å². The van der Waals surface area contributed by atoms with Crippen molar-refractivity contribution in [1.82, 2.24) is 4.98 Å². The van der Waals surface area contributed by atoms with Gasteiger partial charge in [-0.1, -0.05) is 6.07 Å². The van der Waals surface area contributed by atoms with Crippen LogP contribution in [0.5, 0.6) is 0 Å². The van der Waals surface area contributed by atoms with Crippen molar-refractivity contribution in [3.05, 3.63) is 23.9 Å². The van der Waals surface area contributed by atoms with Gasteiger partial charge in [-0.3, -0.25) is 0 Å². The molecule has 2 rings (SSSR count). The lowest BCUT2D eigenvalue weighted by atomic mass is 9.95.